The molecule has 0 saturated carbocycles. The second-order valence-corrected chi connectivity index (χ2v) is 7.33. The molecule has 0 radical (unpaired) electrons. The third kappa shape index (κ3) is 5.08. The molecular formula is C21H16ClF4N3O3. The van der Waals surface area contributed by atoms with Gasteiger partial charge in [-0.2, -0.15) is 18.3 Å². The number of carboxylic acid groups (broad SMARTS) is 1. The van der Waals surface area contributed by atoms with Crippen LogP contribution in [0.15, 0.2) is 42.5 Å². The highest BCUT2D eigenvalue weighted by molar-refractivity contribution is 6.30. The van der Waals surface area contributed by atoms with Crippen LogP contribution < -0.4 is 5.32 Å². The summed E-state index contributed by atoms with van der Waals surface area (Å²) in [6.45, 7) is -0.317. The van der Waals surface area contributed by atoms with E-state index in [1.807, 2.05) is 0 Å². The molecule has 11 heteroatoms. The number of hydrogen-bond donors (Lipinski definition) is 2. The maximum absolute atomic E-state index is 13.8. The summed E-state index contributed by atoms with van der Waals surface area (Å²) in [5, 5.41) is 15.5. The Morgan fingerprint density at radius 1 is 1.12 bits per heavy atom. The van der Waals surface area contributed by atoms with Gasteiger partial charge in [0.1, 0.15) is 5.82 Å². The van der Waals surface area contributed by atoms with E-state index in [0.29, 0.717) is 15.3 Å². The van der Waals surface area contributed by atoms with Crippen LogP contribution in [0.5, 0.6) is 0 Å². The minimum Gasteiger partial charge on any atom is -0.478 e. The van der Waals surface area contributed by atoms with E-state index in [9.17, 15) is 27.2 Å². The molecule has 1 heterocycles. The highest BCUT2D eigenvalue weighted by Crippen LogP contribution is 2.34. The monoisotopic (exact) mass is 469 g/mol. The maximum Gasteiger partial charge on any atom is 0.433 e. The summed E-state index contributed by atoms with van der Waals surface area (Å²) in [7, 11) is 1.09. The number of aryl methyl sites for hydroxylation is 1. The van der Waals surface area contributed by atoms with Crippen LogP contribution in [-0.4, -0.2) is 26.8 Å². The molecular weight excluding hydrogens is 454 g/mol. The quantitative estimate of drug-likeness (QED) is 0.522. The molecule has 0 aliphatic rings. The van der Waals surface area contributed by atoms with Crippen molar-refractivity contribution in [2.24, 2.45) is 7.05 Å². The molecule has 0 aliphatic carbocycles. The average molecular weight is 470 g/mol. The smallest absolute Gasteiger partial charge is 0.433 e. The summed E-state index contributed by atoms with van der Waals surface area (Å²) in [4.78, 5) is 23.6. The van der Waals surface area contributed by atoms with Gasteiger partial charge in [0.25, 0.3) is 5.91 Å². The highest BCUT2D eigenvalue weighted by Gasteiger charge is 2.41. The first-order chi connectivity index (χ1) is 15.0. The van der Waals surface area contributed by atoms with Crippen molar-refractivity contribution in [1.29, 1.82) is 0 Å². The van der Waals surface area contributed by atoms with Crippen molar-refractivity contribution < 1.29 is 32.3 Å². The summed E-state index contributed by atoms with van der Waals surface area (Å²) in [5.74, 6) is -3.53. The van der Waals surface area contributed by atoms with Gasteiger partial charge in [0.15, 0.2) is 5.69 Å². The lowest BCUT2D eigenvalue weighted by atomic mass is 10.0. The van der Waals surface area contributed by atoms with Crippen molar-refractivity contribution in [3.05, 3.63) is 86.9 Å². The number of hydrogen-bond acceptors (Lipinski definition) is 3. The minimum absolute atomic E-state index is 0.0498. The molecule has 6 nitrogen and oxygen atoms in total. The number of amides is 1. The zero-order valence-electron chi connectivity index (χ0n) is 16.5. The molecule has 32 heavy (non-hydrogen) atoms. The Balaban J connectivity index is 1.90. The van der Waals surface area contributed by atoms with E-state index in [2.05, 4.69) is 10.4 Å². The van der Waals surface area contributed by atoms with Crippen molar-refractivity contribution in [2.75, 3.05) is 0 Å². The number of aromatic carboxylic acids is 1. The Morgan fingerprint density at radius 2 is 1.75 bits per heavy atom. The number of carbonyl (C=O) groups excluding carboxylic acids is 1. The fourth-order valence-corrected chi connectivity index (χ4v) is 3.30. The second kappa shape index (κ2) is 8.99. The molecule has 3 rings (SSSR count). The molecule has 0 aliphatic heterocycles. The zero-order chi connectivity index (χ0) is 23.6. The summed E-state index contributed by atoms with van der Waals surface area (Å²) in [6, 6.07) is 9.52. The van der Waals surface area contributed by atoms with Crippen molar-refractivity contribution in [1.82, 2.24) is 15.1 Å². The number of halogens is 5. The standard InChI is InChI=1S/C21H16ClF4N3O3/c1-29-18(21(24,25)26)17(16(28-29)9-11-2-5-13(22)6-3-11)19(30)27-10-12-4-7-14(20(31)32)15(23)8-12/h2-8H,9-10H2,1H3,(H,27,30)(H,31,32). The first-order valence-corrected chi connectivity index (χ1v) is 9.52. The van der Waals surface area contributed by atoms with Gasteiger partial charge in [-0.25, -0.2) is 9.18 Å². The largest absolute Gasteiger partial charge is 0.478 e. The van der Waals surface area contributed by atoms with Gasteiger partial charge in [-0.15, -0.1) is 0 Å². The van der Waals surface area contributed by atoms with E-state index >= 15 is 0 Å². The lowest BCUT2D eigenvalue weighted by Crippen LogP contribution is -2.27. The number of benzene rings is 2. The van der Waals surface area contributed by atoms with Crippen LogP contribution in [0.3, 0.4) is 0 Å². The highest BCUT2D eigenvalue weighted by atomic mass is 35.5. The van der Waals surface area contributed by atoms with Gasteiger partial charge in [0.2, 0.25) is 0 Å². The van der Waals surface area contributed by atoms with Crippen LogP contribution in [-0.2, 0) is 26.2 Å². The third-order valence-corrected chi connectivity index (χ3v) is 4.87. The van der Waals surface area contributed by atoms with E-state index in [4.69, 9.17) is 16.7 Å². The average Bonchev–Trinajstić information content (AvgIpc) is 3.03. The van der Waals surface area contributed by atoms with Crippen LogP contribution >= 0.6 is 11.6 Å². The lowest BCUT2D eigenvalue weighted by molar-refractivity contribution is -0.144. The van der Waals surface area contributed by atoms with Gasteiger partial charge in [-0.05, 0) is 35.4 Å². The lowest BCUT2D eigenvalue weighted by Gasteiger charge is -2.11. The number of carbonyl (C=O) groups is 2. The number of rotatable bonds is 6. The van der Waals surface area contributed by atoms with Crippen LogP contribution in [0.2, 0.25) is 5.02 Å². The van der Waals surface area contributed by atoms with Crippen LogP contribution in [0.1, 0.15) is 43.2 Å². The molecule has 2 N–H and O–H groups in total. The fraction of sp³-hybridized carbons (Fsp3) is 0.190. The molecule has 0 spiro atoms. The van der Waals surface area contributed by atoms with E-state index in [1.54, 1.807) is 24.3 Å². The molecule has 1 amide bonds. The van der Waals surface area contributed by atoms with Crippen LogP contribution in [0.25, 0.3) is 0 Å². The second-order valence-electron chi connectivity index (χ2n) is 6.90. The summed E-state index contributed by atoms with van der Waals surface area (Å²) < 4.78 is 55.4. The van der Waals surface area contributed by atoms with Crippen LogP contribution in [0, 0.1) is 5.82 Å². The Labute approximate surface area is 184 Å². The first kappa shape index (κ1) is 23.3. The normalized spacial score (nSPS) is 11.4. The van der Waals surface area contributed by atoms with Crippen molar-refractivity contribution >= 4 is 23.5 Å². The Morgan fingerprint density at radius 3 is 2.31 bits per heavy atom. The zero-order valence-corrected chi connectivity index (χ0v) is 17.3. The van der Waals surface area contributed by atoms with E-state index in [1.165, 1.54) is 6.07 Å². The van der Waals surface area contributed by atoms with Gasteiger partial charge in [0, 0.05) is 25.0 Å². The summed E-state index contributed by atoms with van der Waals surface area (Å²) >= 11 is 5.83. The molecule has 3 aromatic rings. The molecule has 0 atom stereocenters. The van der Waals surface area contributed by atoms with Gasteiger partial charge in [-0.3, -0.25) is 9.48 Å². The molecule has 1 aromatic heterocycles. The van der Waals surface area contributed by atoms with Crippen molar-refractivity contribution in [3.63, 3.8) is 0 Å². The van der Waals surface area contributed by atoms with E-state index in [-0.39, 0.29) is 24.2 Å². The van der Waals surface area contributed by atoms with E-state index < -0.39 is 40.7 Å². The van der Waals surface area contributed by atoms with Gasteiger partial charge >= 0.3 is 12.1 Å². The third-order valence-electron chi connectivity index (χ3n) is 4.62. The molecule has 0 saturated heterocycles. The van der Waals surface area contributed by atoms with Crippen LogP contribution in [0.4, 0.5) is 17.6 Å². The number of alkyl halides is 3. The van der Waals surface area contributed by atoms with E-state index in [0.717, 1.165) is 19.2 Å². The SMILES string of the molecule is Cn1nc(Cc2ccc(Cl)cc2)c(C(=O)NCc2ccc(C(=O)O)c(F)c2)c1C(F)(F)F. The Kier molecular flexibility index (Phi) is 6.54. The van der Waals surface area contributed by atoms with Crippen molar-refractivity contribution in [3.8, 4) is 0 Å². The van der Waals surface area contributed by atoms with Crippen molar-refractivity contribution in [2.45, 2.75) is 19.1 Å². The predicted molar refractivity (Wildman–Crippen MR) is 107 cm³/mol. The fourth-order valence-electron chi connectivity index (χ4n) is 3.18. The summed E-state index contributed by atoms with van der Waals surface area (Å²) in [6.07, 6.45) is -4.90. The molecule has 0 unspecified atom stereocenters. The summed E-state index contributed by atoms with van der Waals surface area (Å²) in [5.41, 5.74) is -1.73. The molecule has 168 valence electrons. The van der Waals surface area contributed by atoms with Gasteiger partial charge in [-0.1, -0.05) is 29.8 Å². The first-order valence-electron chi connectivity index (χ1n) is 9.14. The number of nitrogens with zero attached hydrogens (tertiary/aromatic N) is 2. The Hall–Kier alpha value is -3.40. The Bertz CT molecular complexity index is 1170. The molecule has 0 fully saturated rings. The molecule has 0 bridgehead atoms. The van der Waals surface area contributed by atoms with Gasteiger partial charge in [0.05, 0.1) is 16.8 Å². The predicted octanol–water partition coefficient (Wildman–Crippen LogP) is 4.45. The number of aromatic nitrogens is 2. The van der Waals surface area contributed by atoms with Gasteiger partial charge < -0.3 is 10.4 Å². The topological polar surface area (TPSA) is 84.2 Å². The minimum atomic E-state index is -4.85. The molecule has 2 aromatic carbocycles. The number of nitrogens with one attached hydrogen (secondary N) is 1. The maximum atomic E-state index is 13.8. The number of carboxylic acids is 1.